The first kappa shape index (κ1) is 13.0. The number of carbonyl (C=O) groups excluding carboxylic acids is 1. The van der Waals surface area contributed by atoms with Crippen molar-refractivity contribution < 1.29 is 9.53 Å². The van der Waals surface area contributed by atoms with E-state index in [0.717, 1.165) is 11.3 Å². The number of nitrogens with zero attached hydrogens (tertiary/aromatic N) is 3. The van der Waals surface area contributed by atoms with Crippen molar-refractivity contribution >= 4 is 5.91 Å². The van der Waals surface area contributed by atoms with E-state index < -0.39 is 0 Å². The Labute approximate surface area is 111 Å². The lowest BCUT2D eigenvalue weighted by Crippen LogP contribution is -2.23. The zero-order chi connectivity index (χ0) is 13.8. The number of hydrogen-bond acceptors (Lipinski definition) is 4. The highest BCUT2D eigenvalue weighted by Crippen LogP contribution is 2.20. The molecule has 0 saturated heterocycles. The van der Waals surface area contributed by atoms with Gasteiger partial charge in [0.05, 0.1) is 25.2 Å². The summed E-state index contributed by atoms with van der Waals surface area (Å²) in [6.07, 6.45) is 3.10. The minimum absolute atomic E-state index is 0.164. The van der Waals surface area contributed by atoms with Crippen molar-refractivity contribution in [3.8, 4) is 17.0 Å². The first-order valence-corrected chi connectivity index (χ1v) is 5.80. The number of ether oxygens (including phenoxy) is 1. The lowest BCUT2D eigenvalue weighted by molar-refractivity contribution is 0.0821. The van der Waals surface area contributed by atoms with Gasteiger partial charge in [-0.25, -0.2) is 4.98 Å². The summed E-state index contributed by atoms with van der Waals surface area (Å²) in [7, 11) is 4.99. The second-order valence-electron chi connectivity index (χ2n) is 4.22. The van der Waals surface area contributed by atoms with E-state index in [1.165, 1.54) is 11.1 Å². The maximum atomic E-state index is 11.8. The highest BCUT2D eigenvalue weighted by molar-refractivity contribution is 5.92. The average Bonchev–Trinajstić information content (AvgIpc) is 2.46. The lowest BCUT2D eigenvalue weighted by Gasteiger charge is -2.10. The van der Waals surface area contributed by atoms with E-state index >= 15 is 0 Å². The predicted molar refractivity (Wildman–Crippen MR) is 72.0 cm³/mol. The Kier molecular flexibility index (Phi) is 3.75. The highest BCUT2D eigenvalue weighted by atomic mass is 16.5. The zero-order valence-corrected chi connectivity index (χ0v) is 11.1. The normalized spacial score (nSPS) is 10.1. The van der Waals surface area contributed by atoms with E-state index in [-0.39, 0.29) is 5.91 Å². The molecule has 19 heavy (non-hydrogen) atoms. The fourth-order valence-electron chi connectivity index (χ4n) is 1.60. The van der Waals surface area contributed by atoms with Crippen LogP contribution in [0.15, 0.2) is 36.7 Å². The lowest BCUT2D eigenvalue weighted by atomic mass is 10.1. The Morgan fingerprint density at radius 1 is 1.16 bits per heavy atom. The smallest absolute Gasteiger partial charge is 0.273 e. The van der Waals surface area contributed by atoms with E-state index in [1.807, 2.05) is 24.3 Å². The first-order valence-electron chi connectivity index (χ1n) is 5.80. The molecule has 0 spiro atoms. The van der Waals surface area contributed by atoms with E-state index in [0.29, 0.717) is 11.4 Å². The topological polar surface area (TPSA) is 55.3 Å². The minimum atomic E-state index is -0.164. The van der Waals surface area contributed by atoms with Crippen LogP contribution in [0.2, 0.25) is 0 Å². The molecule has 0 bridgehead atoms. The van der Waals surface area contributed by atoms with Gasteiger partial charge in [0.25, 0.3) is 5.91 Å². The Morgan fingerprint density at radius 3 is 2.42 bits per heavy atom. The second kappa shape index (κ2) is 5.48. The van der Waals surface area contributed by atoms with Gasteiger partial charge < -0.3 is 9.64 Å². The molecular formula is C14H15N3O2. The van der Waals surface area contributed by atoms with Crippen LogP contribution in [0, 0.1) is 0 Å². The molecule has 0 saturated carbocycles. The van der Waals surface area contributed by atoms with Crippen LogP contribution in [0.5, 0.6) is 5.75 Å². The minimum Gasteiger partial charge on any atom is -0.497 e. The highest BCUT2D eigenvalue weighted by Gasteiger charge is 2.11. The standard InChI is InChI=1S/C14H15N3O2/c1-17(2)14(18)13-9-15-8-12(16-13)10-4-6-11(19-3)7-5-10/h4-9H,1-3H3. The number of amides is 1. The molecule has 1 heterocycles. The number of carbonyl (C=O) groups is 1. The molecule has 1 aromatic heterocycles. The van der Waals surface area contributed by atoms with E-state index in [1.54, 1.807) is 27.4 Å². The molecule has 0 aliphatic rings. The number of hydrogen-bond donors (Lipinski definition) is 0. The van der Waals surface area contributed by atoms with Crippen LogP contribution in [0.1, 0.15) is 10.5 Å². The largest absolute Gasteiger partial charge is 0.497 e. The van der Waals surface area contributed by atoms with E-state index in [4.69, 9.17) is 4.74 Å². The van der Waals surface area contributed by atoms with Gasteiger partial charge in [-0.3, -0.25) is 9.78 Å². The molecule has 0 atom stereocenters. The number of rotatable bonds is 3. The van der Waals surface area contributed by atoms with Gasteiger partial charge in [0.15, 0.2) is 0 Å². The molecule has 0 fully saturated rings. The molecule has 2 rings (SSSR count). The fraction of sp³-hybridized carbons (Fsp3) is 0.214. The average molecular weight is 257 g/mol. The third-order valence-corrected chi connectivity index (χ3v) is 2.65. The fourth-order valence-corrected chi connectivity index (χ4v) is 1.60. The Balaban J connectivity index is 2.34. The van der Waals surface area contributed by atoms with E-state index in [9.17, 15) is 4.79 Å². The molecule has 0 N–H and O–H groups in total. The van der Waals surface area contributed by atoms with Crippen LogP contribution in [-0.2, 0) is 0 Å². The molecule has 98 valence electrons. The maximum absolute atomic E-state index is 11.8. The van der Waals surface area contributed by atoms with Gasteiger partial charge in [-0.2, -0.15) is 0 Å². The third-order valence-electron chi connectivity index (χ3n) is 2.65. The van der Waals surface area contributed by atoms with Crippen molar-refractivity contribution in [2.45, 2.75) is 0 Å². The summed E-state index contributed by atoms with van der Waals surface area (Å²) in [6.45, 7) is 0. The van der Waals surface area contributed by atoms with Crippen LogP contribution < -0.4 is 4.74 Å². The first-order chi connectivity index (χ1) is 9.11. The van der Waals surface area contributed by atoms with Crippen molar-refractivity contribution in [1.29, 1.82) is 0 Å². The molecule has 5 heteroatoms. The summed E-state index contributed by atoms with van der Waals surface area (Å²) in [5.74, 6) is 0.611. The van der Waals surface area contributed by atoms with Gasteiger partial charge in [0.1, 0.15) is 11.4 Å². The Morgan fingerprint density at radius 2 is 1.84 bits per heavy atom. The number of aromatic nitrogens is 2. The van der Waals surface area contributed by atoms with Crippen LogP contribution >= 0.6 is 0 Å². The van der Waals surface area contributed by atoms with Crippen LogP contribution in [0.4, 0.5) is 0 Å². The zero-order valence-electron chi connectivity index (χ0n) is 11.1. The van der Waals surface area contributed by atoms with Crippen molar-refractivity contribution in [2.24, 2.45) is 0 Å². The molecule has 2 aromatic rings. The predicted octanol–water partition coefficient (Wildman–Crippen LogP) is 1.85. The van der Waals surface area contributed by atoms with Gasteiger partial charge in [-0.15, -0.1) is 0 Å². The molecule has 1 aromatic carbocycles. The third kappa shape index (κ3) is 2.88. The monoisotopic (exact) mass is 257 g/mol. The van der Waals surface area contributed by atoms with Crippen LogP contribution in [0.25, 0.3) is 11.3 Å². The maximum Gasteiger partial charge on any atom is 0.273 e. The Bertz CT molecular complexity index is 579. The summed E-state index contributed by atoms with van der Waals surface area (Å²) in [5.41, 5.74) is 1.88. The van der Waals surface area contributed by atoms with E-state index in [2.05, 4.69) is 9.97 Å². The van der Waals surface area contributed by atoms with Crippen molar-refractivity contribution in [3.63, 3.8) is 0 Å². The second-order valence-corrected chi connectivity index (χ2v) is 4.22. The SMILES string of the molecule is COc1ccc(-c2cncc(C(=O)N(C)C)n2)cc1. The van der Waals surface area contributed by atoms with Crippen molar-refractivity contribution in [1.82, 2.24) is 14.9 Å². The van der Waals surface area contributed by atoms with Gasteiger partial charge >= 0.3 is 0 Å². The van der Waals surface area contributed by atoms with Crippen molar-refractivity contribution in [3.05, 3.63) is 42.4 Å². The molecule has 0 aliphatic carbocycles. The summed E-state index contributed by atoms with van der Waals surface area (Å²) < 4.78 is 5.10. The molecular weight excluding hydrogens is 242 g/mol. The van der Waals surface area contributed by atoms with Gasteiger partial charge in [0, 0.05) is 19.7 Å². The molecule has 5 nitrogen and oxygen atoms in total. The molecule has 0 unspecified atom stereocenters. The number of benzene rings is 1. The summed E-state index contributed by atoms with van der Waals surface area (Å²) in [4.78, 5) is 21.7. The van der Waals surface area contributed by atoms with Crippen LogP contribution in [0.3, 0.4) is 0 Å². The molecule has 1 amide bonds. The summed E-state index contributed by atoms with van der Waals surface area (Å²) in [5, 5.41) is 0. The Hall–Kier alpha value is -2.43. The van der Waals surface area contributed by atoms with Crippen molar-refractivity contribution in [2.75, 3.05) is 21.2 Å². The molecule has 0 aliphatic heterocycles. The molecule has 0 radical (unpaired) electrons. The quantitative estimate of drug-likeness (QED) is 0.842. The summed E-state index contributed by atoms with van der Waals surface area (Å²) >= 11 is 0. The van der Waals surface area contributed by atoms with Gasteiger partial charge in [0.2, 0.25) is 0 Å². The van der Waals surface area contributed by atoms with Gasteiger partial charge in [-0.05, 0) is 24.3 Å². The van der Waals surface area contributed by atoms with Gasteiger partial charge in [-0.1, -0.05) is 0 Å². The number of methoxy groups -OCH3 is 1. The van der Waals surface area contributed by atoms with Crippen LogP contribution in [-0.4, -0.2) is 42.0 Å². The summed E-state index contributed by atoms with van der Waals surface area (Å²) in [6, 6.07) is 7.45.